The zero-order valence-electron chi connectivity index (χ0n) is 12.6. The fourth-order valence-corrected chi connectivity index (χ4v) is 3.63. The fraction of sp³-hybridized carbons (Fsp3) is 1.00. The first-order chi connectivity index (χ1) is 9.38. The molecule has 1 saturated carbocycles. The van der Waals surface area contributed by atoms with E-state index in [0.29, 0.717) is 6.10 Å². The van der Waals surface area contributed by atoms with E-state index in [0.717, 1.165) is 31.4 Å². The van der Waals surface area contributed by atoms with Crippen LogP contribution in [-0.2, 0) is 4.74 Å². The van der Waals surface area contributed by atoms with Crippen molar-refractivity contribution in [1.82, 2.24) is 10.6 Å². The molecule has 0 aromatic rings. The van der Waals surface area contributed by atoms with Crippen LogP contribution in [0.4, 0.5) is 0 Å². The highest BCUT2D eigenvalue weighted by Crippen LogP contribution is 2.32. The van der Waals surface area contributed by atoms with Crippen LogP contribution in [0, 0.1) is 11.8 Å². The predicted octanol–water partition coefficient (Wildman–Crippen LogP) is 2.56. The first-order valence-corrected chi connectivity index (χ1v) is 8.35. The summed E-state index contributed by atoms with van der Waals surface area (Å²) in [6.45, 7) is 4.51. The predicted molar refractivity (Wildman–Crippen MR) is 80.5 cm³/mol. The third-order valence-corrected chi connectivity index (χ3v) is 4.78. The molecule has 2 fully saturated rings. The summed E-state index contributed by atoms with van der Waals surface area (Å²) in [5.41, 5.74) is 0. The molecule has 3 nitrogen and oxygen atoms in total. The SMILES string of the molecule is CNCCCOC1CCC(CC2CCCNC2)CC1. The largest absolute Gasteiger partial charge is 0.378 e. The van der Waals surface area contributed by atoms with Gasteiger partial charge in [-0.1, -0.05) is 0 Å². The zero-order chi connectivity index (χ0) is 13.3. The van der Waals surface area contributed by atoms with Crippen molar-refractivity contribution >= 4 is 0 Å². The lowest BCUT2D eigenvalue weighted by molar-refractivity contribution is 0.0143. The first kappa shape index (κ1) is 15.3. The van der Waals surface area contributed by atoms with Crippen LogP contribution in [0.2, 0.25) is 0 Å². The van der Waals surface area contributed by atoms with Crippen LogP contribution in [0.1, 0.15) is 51.4 Å². The van der Waals surface area contributed by atoms with E-state index in [-0.39, 0.29) is 0 Å². The average molecular weight is 268 g/mol. The van der Waals surface area contributed by atoms with E-state index in [1.54, 1.807) is 0 Å². The summed E-state index contributed by atoms with van der Waals surface area (Å²) in [4.78, 5) is 0. The Balaban J connectivity index is 1.54. The second kappa shape index (κ2) is 8.93. The van der Waals surface area contributed by atoms with Crippen LogP contribution in [0.3, 0.4) is 0 Å². The van der Waals surface area contributed by atoms with Crippen molar-refractivity contribution in [2.45, 2.75) is 57.5 Å². The van der Waals surface area contributed by atoms with Crippen LogP contribution >= 0.6 is 0 Å². The molecular weight excluding hydrogens is 236 g/mol. The molecule has 2 aliphatic rings. The Kier molecular flexibility index (Phi) is 7.18. The molecule has 0 bridgehead atoms. The summed E-state index contributed by atoms with van der Waals surface area (Å²) in [7, 11) is 2.01. The summed E-state index contributed by atoms with van der Waals surface area (Å²) < 4.78 is 5.97. The Hall–Kier alpha value is -0.120. The quantitative estimate of drug-likeness (QED) is 0.696. The van der Waals surface area contributed by atoms with Gasteiger partial charge < -0.3 is 15.4 Å². The van der Waals surface area contributed by atoms with Gasteiger partial charge in [-0.05, 0) is 89.9 Å². The van der Waals surface area contributed by atoms with Crippen LogP contribution in [0.25, 0.3) is 0 Å². The summed E-state index contributed by atoms with van der Waals surface area (Å²) in [6, 6.07) is 0. The molecule has 2 N–H and O–H groups in total. The molecule has 0 aromatic carbocycles. The van der Waals surface area contributed by atoms with Crippen molar-refractivity contribution in [3.05, 3.63) is 0 Å². The van der Waals surface area contributed by atoms with Gasteiger partial charge in [-0.15, -0.1) is 0 Å². The number of hydrogen-bond donors (Lipinski definition) is 2. The lowest BCUT2D eigenvalue weighted by Crippen LogP contribution is -2.32. The fourth-order valence-electron chi connectivity index (χ4n) is 3.63. The number of ether oxygens (including phenoxy) is 1. The molecule has 1 aliphatic heterocycles. The van der Waals surface area contributed by atoms with E-state index in [4.69, 9.17) is 4.74 Å². The molecule has 1 unspecified atom stereocenters. The minimum Gasteiger partial charge on any atom is -0.378 e. The van der Waals surface area contributed by atoms with Crippen LogP contribution < -0.4 is 10.6 Å². The molecule has 0 amide bonds. The van der Waals surface area contributed by atoms with Crippen molar-refractivity contribution in [3.63, 3.8) is 0 Å². The highest BCUT2D eigenvalue weighted by molar-refractivity contribution is 4.78. The van der Waals surface area contributed by atoms with Gasteiger partial charge in [0.25, 0.3) is 0 Å². The molecule has 0 spiro atoms. The molecule has 0 radical (unpaired) electrons. The Bertz CT molecular complexity index is 221. The Morgan fingerprint density at radius 3 is 2.63 bits per heavy atom. The molecule has 1 aliphatic carbocycles. The van der Waals surface area contributed by atoms with Crippen LogP contribution in [-0.4, -0.2) is 39.4 Å². The van der Waals surface area contributed by atoms with Crippen molar-refractivity contribution in [2.75, 3.05) is 33.3 Å². The van der Waals surface area contributed by atoms with E-state index in [9.17, 15) is 0 Å². The van der Waals surface area contributed by atoms with Crippen molar-refractivity contribution in [3.8, 4) is 0 Å². The second-order valence-corrected chi connectivity index (χ2v) is 6.42. The maximum atomic E-state index is 5.97. The number of hydrogen-bond acceptors (Lipinski definition) is 3. The second-order valence-electron chi connectivity index (χ2n) is 6.42. The number of rotatable bonds is 7. The summed E-state index contributed by atoms with van der Waals surface area (Å²) in [5.74, 6) is 1.92. The van der Waals surface area contributed by atoms with E-state index in [1.807, 2.05) is 7.05 Å². The summed E-state index contributed by atoms with van der Waals surface area (Å²) in [6.07, 6.45) is 11.4. The normalized spacial score (nSPS) is 32.4. The van der Waals surface area contributed by atoms with Crippen molar-refractivity contribution in [2.24, 2.45) is 11.8 Å². The van der Waals surface area contributed by atoms with Gasteiger partial charge in [0.15, 0.2) is 0 Å². The highest BCUT2D eigenvalue weighted by atomic mass is 16.5. The molecular formula is C16H32N2O. The zero-order valence-corrected chi connectivity index (χ0v) is 12.6. The molecule has 1 atom stereocenters. The van der Waals surface area contributed by atoms with Gasteiger partial charge in [-0.2, -0.15) is 0 Å². The number of piperidine rings is 1. The molecule has 112 valence electrons. The van der Waals surface area contributed by atoms with Crippen molar-refractivity contribution < 1.29 is 4.74 Å². The van der Waals surface area contributed by atoms with E-state index in [2.05, 4.69) is 10.6 Å². The molecule has 0 aromatic heterocycles. The molecule has 2 rings (SSSR count). The van der Waals surface area contributed by atoms with Gasteiger partial charge in [-0.25, -0.2) is 0 Å². The van der Waals surface area contributed by atoms with Gasteiger partial charge in [0.05, 0.1) is 6.10 Å². The molecule has 1 saturated heterocycles. The van der Waals surface area contributed by atoms with Gasteiger partial charge >= 0.3 is 0 Å². The van der Waals surface area contributed by atoms with Crippen LogP contribution in [0.5, 0.6) is 0 Å². The third kappa shape index (κ3) is 5.80. The van der Waals surface area contributed by atoms with Crippen LogP contribution in [0.15, 0.2) is 0 Å². The number of nitrogens with one attached hydrogen (secondary N) is 2. The minimum absolute atomic E-state index is 0.553. The van der Waals surface area contributed by atoms with Gasteiger partial charge in [0, 0.05) is 6.61 Å². The van der Waals surface area contributed by atoms with Gasteiger partial charge in [0.1, 0.15) is 0 Å². The lowest BCUT2D eigenvalue weighted by atomic mass is 9.80. The maximum absolute atomic E-state index is 5.97. The van der Waals surface area contributed by atoms with Gasteiger partial charge in [-0.3, -0.25) is 0 Å². The summed E-state index contributed by atoms with van der Waals surface area (Å²) >= 11 is 0. The third-order valence-electron chi connectivity index (χ3n) is 4.78. The van der Waals surface area contributed by atoms with E-state index < -0.39 is 0 Å². The molecule has 3 heteroatoms. The molecule has 19 heavy (non-hydrogen) atoms. The monoisotopic (exact) mass is 268 g/mol. The smallest absolute Gasteiger partial charge is 0.0575 e. The summed E-state index contributed by atoms with van der Waals surface area (Å²) in [5, 5.41) is 6.71. The minimum atomic E-state index is 0.553. The Labute approximate surface area is 118 Å². The Morgan fingerprint density at radius 1 is 1.11 bits per heavy atom. The van der Waals surface area contributed by atoms with E-state index in [1.165, 1.54) is 58.0 Å². The Morgan fingerprint density at radius 2 is 1.95 bits per heavy atom. The van der Waals surface area contributed by atoms with Gasteiger partial charge in [0.2, 0.25) is 0 Å². The lowest BCUT2D eigenvalue weighted by Gasteiger charge is -2.32. The van der Waals surface area contributed by atoms with E-state index >= 15 is 0 Å². The van der Waals surface area contributed by atoms with Crippen molar-refractivity contribution in [1.29, 1.82) is 0 Å². The maximum Gasteiger partial charge on any atom is 0.0575 e. The molecule has 1 heterocycles. The highest BCUT2D eigenvalue weighted by Gasteiger charge is 2.24. The first-order valence-electron chi connectivity index (χ1n) is 8.35. The average Bonchev–Trinajstić information content (AvgIpc) is 2.46. The standard InChI is InChI=1S/C16H32N2O/c1-17-9-3-11-19-16-7-5-14(6-8-16)12-15-4-2-10-18-13-15/h14-18H,2-13H2,1H3. The topological polar surface area (TPSA) is 33.3 Å².